The van der Waals surface area contributed by atoms with E-state index in [1.165, 1.54) is 11.1 Å². The van der Waals surface area contributed by atoms with Crippen LogP contribution in [0.3, 0.4) is 0 Å². The molecule has 2 heteroatoms. The molecule has 0 fully saturated rings. The van der Waals surface area contributed by atoms with Gasteiger partial charge >= 0.3 is 0 Å². The van der Waals surface area contributed by atoms with Crippen molar-refractivity contribution in [1.82, 2.24) is 0 Å². The van der Waals surface area contributed by atoms with Crippen LogP contribution in [-0.4, -0.2) is 18.3 Å². The smallest absolute Gasteiger partial charge is 0.0540 e. The molecule has 1 rings (SSSR count). The van der Waals surface area contributed by atoms with E-state index in [1.807, 2.05) is 6.07 Å². The van der Waals surface area contributed by atoms with Crippen LogP contribution < -0.4 is 5.73 Å². The highest BCUT2D eigenvalue weighted by atomic mass is 16.3. The molecule has 1 aromatic rings. The summed E-state index contributed by atoms with van der Waals surface area (Å²) in [6.07, 6.45) is 2.06. The van der Waals surface area contributed by atoms with E-state index in [0.29, 0.717) is 12.5 Å². The Morgan fingerprint density at radius 3 is 2.59 bits per heavy atom. The van der Waals surface area contributed by atoms with Crippen LogP contribution in [0.15, 0.2) is 24.3 Å². The van der Waals surface area contributed by atoms with Crippen LogP contribution in [0.1, 0.15) is 37.8 Å². The Kier molecular flexibility index (Phi) is 5.16. The van der Waals surface area contributed by atoms with Crippen LogP contribution in [0.25, 0.3) is 0 Å². The molecular weight excluding hydrogens is 210 g/mol. The quantitative estimate of drug-likeness (QED) is 0.796. The Morgan fingerprint density at radius 1 is 1.41 bits per heavy atom. The maximum absolute atomic E-state index is 9.79. The Labute approximate surface area is 105 Å². The third kappa shape index (κ3) is 3.30. The molecule has 0 amide bonds. The van der Waals surface area contributed by atoms with Gasteiger partial charge in [-0.25, -0.2) is 0 Å². The molecule has 2 atom stereocenters. The highest BCUT2D eigenvalue weighted by Gasteiger charge is 2.31. The van der Waals surface area contributed by atoms with E-state index in [0.717, 1.165) is 12.8 Å². The predicted octanol–water partition coefficient (Wildman–Crippen LogP) is 2.62. The number of aliphatic hydroxyl groups is 1. The van der Waals surface area contributed by atoms with E-state index >= 15 is 0 Å². The third-order valence-corrected chi connectivity index (χ3v) is 3.76. The number of aliphatic hydroxyl groups excluding tert-OH is 1. The first-order chi connectivity index (χ1) is 8.07. The monoisotopic (exact) mass is 235 g/mol. The predicted molar refractivity (Wildman–Crippen MR) is 73.1 cm³/mol. The first kappa shape index (κ1) is 14.2. The fourth-order valence-corrected chi connectivity index (χ4v) is 2.33. The molecule has 0 radical (unpaired) electrons. The Balaban J connectivity index is 3.06. The average Bonchev–Trinajstić information content (AvgIpc) is 2.35. The van der Waals surface area contributed by atoms with E-state index < -0.39 is 0 Å². The summed E-state index contributed by atoms with van der Waals surface area (Å²) >= 11 is 0. The van der Waals surface area contributed by atoms with Crippen LogP contribution in [-0.2, 0) is 5.41 Å². The van der Waals surface area contributed by atoms with Gasteiger partial charge in [0.25, 0.3) is 0 Å². The summed E-state index contributed by atoms with van der Waals surface area (Å²) in [7, 11) is 0. The van der Waals surface area contributed by atoms with Crippen molar-refractivity contribution in [2.75, 3.05) is 13.2 Å². The van der Waals surface area contributed by atoms with E-state index in [1.54, 1.807) is 0 Å². The second-order valence-corrected chi connectivity index (χ2v) is 5.23. The van der Waals surface area contributed by atoms with Crippen LogP contribution in [0.5, 0.6) is 0 Å². The molecule has 0 heterocycles. The van der Waals surface area contributed by atoms with Gasteiger partial charge in [0.15, 0.2) is 0 Å². The lowest BCUT2D eigenvalue weighted by Gasteiger charge is -2.33. The summed E-state index contributed by atoms with van der Waals surface area (Å²) in [5.41, 5.74) is 8.06. The number of aryl methyl sites for hydroxylation is 1. The number of hydrogen-bond donors (Lipinski definition) is 2. The van der Waals surface area contributed by atoms with Crippen molar-refractivity contribution in [3.63, 3.8) is 0 Å². The summed E-state index contributed by atoms with van der Waals surface area (Å²) in [5.74, 6) is 0.575. The van der Waals surface area contributed by atoms with Gasteiger partial charge in [-0.3, -0.25) is 0 Å². The minimum atomic E-state index is -0.276. The zero-order valence-corrected chi connectivity index (χ0v) is 11.2. The van der Waals surface area contributed by atoms with E-state index in [4.69, 9.17) is 5.73 Å². The third-order valence-electron chi connectivity index (χ3n) is 3.76. The maximum Gasteiger partial charge on any atom is 0.0540 e. The molecule has 0 aliphatic heterocycles. The van der Waals surface area contributed by atoms with Gasteiger partial charge in [-0.05, 0) is 24.8 Å². The number of nitrogens with two attached hydrogens (primary N) is 1. The SMILES string of the molecule is CCC(C)CC(CN)(CO)c1cccc(C)c1. The van der Waals surface area contributed by atoms with Crippen LogP contribution in [0, 0.1) is 12.8 Å². The largest absolute Gasteiger partial charge is 0.395 e. The fraction of sp³-hybridized carbons (Fsp3) is 0.600. The van der Waals surface area contributed by atoms with Crippen LogP contribution in [0.4, 0.5) is 0 Å². The molecule has 1 aromatic carbocycles. The van der Waals surface area contributed by atoms with Crippen LogP contribution >= 0.6 is 0 Å². The highest BCUT2D eigenvalue weighted by Crippen LogP contribution is 2.31. The topological polar surface area (TPSA) is 46.2 Å². The van der Waals surface area contributed by atoms with Gasteiger partial charge in [0.05, 0.1) is 6.61 Å². The zero-order chi connectivity index (χ0) is 12.9. The van der Waals surface area contributed by atoms with Crippen molar-refractivity contribution >= 4 is 0 Å². The lowest BCUT2D eigenvalue weighted by molar-refractivity contribution is 0.170. The summed E-state index contributed by atoms with van der Waals surface area (Å²) in [4.78, 5) is 0. The number of rotatable bonds is 6. The Bertz CT molecular complexity index is 345. The zero-order valence-electron chi connectivity index (χ0n) is 11.2. The summed E-state index contributed by atoms with van der Waals surface area (Å²) in [6.45, 7) is 7.09. The minimum absolute atomic E-state index is 0.122. The van der Waals surface area contributed by atoms with Gasteiger partial charge in [0.2, 0.25) is 0 Å². The Morgan fingerprint density at radius 2 is 2.12 bits per heavy atom. The number of hydrogen-bond acceptors (Lipinski definition) is 2. The molecule has 2 nitrogen and oxygen atoms in total. The fourth-order valence-electron chi connectivity index (χ4n) is 2.33. The second kappa shape index (κ2) is 6.18. The highest BCUT2D eigenvalue weighted by molar-refractivity contribution is 5.30. The van der Waals surface area contributed by atoms with E-state index in [2.05, 4.69) is 39.0 Å². The van der Waals surface area contributed by atoms with Gasteiger partial charge in [0.1, 0.15) is 0 Å². The standard InChI is InChI=1S/C15H25NO/c1-4-12(2)9-15(10-16,11-17)14-7-5-6-13(3)8-14/h5-8,12,17H,4,9-11,16H2,1-3H3. The lowest BCUT2D eigenvalue weighted by atomic mass is 9.74. The molecule has 17 heavy (non-hydrogen) atoms. The summed E-state index contributed by atoms with van der Waals surface area (Å²) < 4.78 is 0. The molecule has 0 aromatic heterocycles. The Hall–Kier alpha value is -0.860. The first-order valence-corrected chi connectivity index (χ1v) is 6.46. The first-order valence-electron chi connectivity index (χ1n) is 6.46. The molecule has 0 spiro atoms. The lowest BCUT2D eigenvalue weighted by Crippen LogP contribution is -2.40. The van der Waals surface area contributed by atoms with Gasteiger partial charge in [-0.15, -0.1) is 0 Å². The number of benzene rings is 1. The van der Waals surface area contributed by atoms with Gasteiger partial charge < -0.3 is 10.8 Å². The normalized spacial score (nSPS) is 16.5. The van der Waals surface area contributed by atoms with Crippen molar-refractivity contribution in [1.29, 1.82) is 0 Å². The van der Waals surface area contributed by atoms with Crippen LogP contribution in [0.2, 0.25) is 0 Å². The van der Waals surface area contributed by atoms with Gasteiger partial charge in [0, 0.05) is 12.0 Å². The molecule has 0 aliphatic rings. The molecule has 96 valence electrons. The molecule has 0 bridgehead atoms. The van der Waals surface area contributed by atoms with Crippen molar-refractivity contribution in [2.24, 2.45) is 11.7 Å². The van der Waals surface area contributed by atoms with E-state index in [9.17, 15) is 5.11 Å². The van der Waals surface area contributed by atoms with Crippen molar-refractivity contribution in [3.05, 3.63) is 35.4 Å². The molecule has 2 unspecified atom stereocenters. The molecular formula is C15H25NO. The second-order valence-electron chi connectivity index (χ2n) is 5.23. The van der Waals surface area contributed by atoms with Gasteiger partial charge in [-0.1, -0.05) is 50.1 Å². The maximum atomic E-state index is 9.79. The molecule has 0 aliphatic carbocycles. The van der Waals surface area contributed by atoms with Crippen molar-refractivity contribution < 1.29 is 5.11 Å². The van der Waals surface area contributed by atoms with Crippen molar-refractivity contribution in [2.45, 2.75) is 39.0 Å². The molecule has 0 saturated carbocycles. The molecule has 3 N–H and O–H groups in total. The van der Waals surface area contributed by atoms with Gasteiger partial charge in [-0.2, -0.15) is 0 Å². The minimum Gasteiger partial charge on any atom is -0.395 e. The van der Waals surface area contributed by atoms with E-state index in [-0.39, 0.29) is 12.0 Å². The average molecular weight is 235 g/mol. The summed E-state index contributed by atoms with van der Waals surface area (Å²) in [5, 5.41) is 9.79. The van der Waals surface area contributed by atoms with Crippen molar-refractivity contribution in [3.8, 4) is 0 Å². The molecule has 0 saturated heterocycles. The summed E-state index contributed by atoms with van der Waals surface area (Å²) in [6, 6.07) is 8.34.